The number of rotatable bonds is 20. The van der Waals surface area contributed by atoms with Gasteiger partial charge in [0.05, 0.1) is 12.1 Å². The number of hydrogen-bond donors (Lipinski definition) is 6. The first kappa shape index (κ1) is 43.8. The van der Waals surface area contributed by atoms with Crippen LogP contribution in [0, 0.1) is 28.1 Å². The number of likely N-dealkylation sites (tertiary alicyclic amines) is 1. The van der Waals surface area contributed by atoms with E-state index in [0.29, 0.717) is 43.4 Å². The molecule has 2 fully saturated rings. The zero-order valence-corrected chi connectivity index (χ0v) is 33.0. The highest BCUT2D eigenvalue weighted by atomic mass is 32.1. The second kappa shape index (κ2) is 19.5. The van der Waals surface area contributed by atoms with Crippen LogP contribution in [-0.4, -0.2) is 96.0 Å². The van der Waals surface area contributed by atoms with Crippen molar-refractivity contribution in [3.63, 3.8) is 0 Å². The SMILES string of the molecule is C=CCNC(=O)C(=O)C(CC1CCC1)NC(=O)[C@@H]1[C@@H](C(C)(C)C)CCN1C(=O)[C@@H](NC(O)N[C@H](CNCCCC[S+]=O)C(C)(C)C)C(C)(C)C. The van der Waals surface area contributed by atoms with E-state index in [4.69, 9.17) is 0 Å². The molecule has 0 bridgehead atoms. The molecule has 1 heterocycles. The Kier molecular flexibility index (Phi) is 17.1. The zero-order valence-electron chi connectivity index (χ0n) is 32.2. The van der Waals surface area contributed by atoms with Crippen molar-refractivity contribution in [2.45, 2.75) is 138 Å². The Labute approximate surface area is 305 Å². The Morgan fingerprint density at radius 3 is 2.14 bits per heavy atom. The third-order valence-electron chi connectivity index (χ3n) is 10.1. The molecular weight excluding hydrogens is 657 g/mol. The van der Waals surface area contributed by atoms with Gasteiger partial charge in [-0.2, -0.15) is 0 Å². The van der Waals surface area contributed by atoms with Crippen LogP contribution in [0.25, 0.3) is 0 Å². The van der Waals surface area contributed by atoms with Gasteiger partial charge in [-0.1, -0.05) is 87.7 Å². The van der Waals surface area contributed by atoms with Crippen LogP contribution in [0.5, 0.6) is 0 Å². The van der Waals surface area contributed by atoms with Crippen LogP contribution in [-0.2, 0) is 35.1 Å². The second-order valence-electron chi connectivity index (χ2n) is 17.4. The Morgan fingerprint density at radius 1 is 0.960 bits per heavy atom. The molecule has 3 amide bonds. The molecule has 0 radical (unpaired) electrons. The number of nitrogens with one attached hydrogen (secondary N) is 5. The van der Waals surface area contributed by atoms with Crippen LogP contribution in [0.3, 0.4) is 0 Å². The van der Waals surface area contributed by atoms with Gasteiger partial charge in [0.1, 0.15) is 6.04 Å². The number of carbonyl (C=O) groups is 4. The molecule has 1 aliphatic carbocycles. The number of aliphatic hydroxyl groups excluding tert-OH is 1. The molecule has 6 atom stereocenters. The Hall–Kier alpha value is -2.32. The molecular formula is C37H67N6O6S+. The minimum absolute atomic E-state index is 0.142. The number of unbranched alkanes of at least 4 members (excludes halogenated alkanes) is 1. The van der Waals surface area contributed by atoms with Gasteiger partial charge in [0, 0.05) is 36.3 Å². The molecule has 0 aromatic carbocycles. The maximum atomic E-state index is 14.5. The van der Waals surface area contributed by atoms with Crippen molar-refractivity contribution >= 4 is 35.2 Å². The third kappa shape index (κ3) is 13.3. The van der Waals surface area contributed by atoms with Crippen LogP contribution >= 0.6 is 0 Å². The molecule has 286 valence electrons. The van der Waals surface area contributed by atoms with Crippen molar-refractivity contribution in [1.29, 1.82) is 0 Å². The molecule has 0 aromatic rings. The lowest BCUT2D eigenvalue weighted by Gasteiger charge is -2.40. The quantitative estimate of drug-likeness (QED) is 0.0364. The van der Waals surface area contributed by atoms with E-state index in [1.807, 2.05) is 41.5 Å². The van der Waals surface area contributed by atoms with E-state index in [9.17, 15) is 28.5 Å². The fraction of sp³-hybridized carbons (Fsp3) is 0.838. The van der Waals surface area contributed by atoms with E-state index in [1.54, 1.807) is 4.90 Å². The number of amides is 3. The lowest BCUT2D eigenvalue weighted by molar-refractivity contribution is -0.146. The average molecular weight is 724 g/mol. The number of Topliss-reactive ketones (excluding diaryl/α,β-unsaturated/α-hetero) is 1. The fourth-order valence-electron chi connectivity index (χ4n) is 6.76. The van der Waals surface area contributed by atoms with Gasteiger partial charge in [0.25, 0.3) is 5.91 Å². The van der Waals surface area contributed by atoms with Gasteiger partial charge >= 0.3 is 11.7 Å². The molecule has 13 heteroatoms. The van der Waals surface area contributed by atoms with Gasteiger partial charge in [-0.15, -0.1) is 6.58 Å². The number of aliphatic hydroxyl groups is 1. The molecule has 1 saturated carbocycles. The van der Waals surface area contributed by atoms with E-state index in [2.05, 4.69) is 53.9 Å². The molecule has 2 rings (SSSR count). The van der Waals surface area contributed by atoms with Crippen molar-refractivity contribution < 1.29 is 28.5 Å². The summed E-state index contributed by atoms with van der Waals surface area (Å²) < 4.78 is 10.7. The summed E-state index contributed by atoms with van der Waals surface area (Å²) in [6.45, 7) is 23.5. The lowest BCUT2D eigenvalue weighted by Crippen LogP contribution is -2.64. The largest absolute Gasteiger partial charge is 0.458 e. The molecule has 1 aliphatic heterocycles. The first-order chi connectivity index (χ1) is 23.2. The van der Waals surface area contributed by atoms with Gasteiger partial charge in [-0.3, -0.25) is 29.8 Å². The summed E-state index contributed by atoms with van der Waals surface area (Å²) in [5.41, 5.74) is -1.20. The topological polar surface area (TPSA) is 169 Å². The lowest BCUT2D eigenvalue weighted by atomic mass is 9.75. The van der Waals surface area contributed by atoms with Gasteiger partial charge < -0.3 is 26.0 Å². The molecule has 0 aromatic heterocycles. The predicted molar refractivity (Wildman–Crippen MR) is 199 cm³/mol. The number of ketones is 1. The highest BCUT2D eigenvalue weighted by molar-refractivity contribution is 7.65. The van der Waals surface area contributed by atoms with Crippen LogP contribution in [0.2, 0.25) is 0 Å². The van der Waals surface area contributed by atoms with E-state index >= 15 is 0 Å². The molecule has 6 N–H and O–H groups in total. The molecule has 2 unspecified atom stereocenters. The standard InChI is InChI=1S/C37H66N6O6S/c1-11-18-39-32(46)29(44)26(22-24-15-14-16-24)40-31(45)28-25(35(2,3)4)17-20-43(28)33(47)30(37(8,9)10)42-34(48)41-27(36(5,6)7)23-38-19-12-13-21-50-49/h11,24-28,30,34,38,41-42,48H,1,12-23H2,2-10H3,(H-,39,40,45,46)/p+1/t25-,26?,27+,28-,30+,34?/m0/s1. The third-order valence-corrected chi connectivity index (χ3v) is 10.6. The summed E-state index contributed by atoms with van der Waals surface area (Å²) >= 11 is 0.596. The van der Waals surface area contributed by atoms with E-state index in [0.717, 1.165) is 38.6 Å². The Balaban J connectivity index is 2.30. The minimum Gasteiger partial charge on any atom is -0.365 e. The molecule has 1 saturated heterocycles. The van der Waals surface area contributed by atoms with Crippen molar-refractivity contribution in [2.24, 2.45) is 28.1 Å². The maximum absolute atomic E-state index is 14.5. The van der Waals surface area contributed by atoms with Gasteiger partial charge in [0.15, 0.2) is 6.35 Å². The average Bonchev–Trinajstić information content (AvgIpc) is 3.45. The van der Waals surface area contributed by atoms with Crippen LogP contribution in [0.4, 0.5) is 0 Å². The van der Waals surface area contributed by atoms with Crippen molar-refractivity contribution in [2.75, 3.05) is 31.9 Å². The van der Waals surface area contributed by atoms with Crippen molar-refractivity contribution in [3.05, 3.63) is 12.7 Å². The Morgan fingerprint density at radius 2 is 1.62 bits per heavy atom. The minimum atomic E-state index is -1.22. The van der Waals surface area contributed by atoms with E-state index in [-0.39, 0.29) is 41.2 Å². The van der Waals surface area contributed by atoms with Gasteiger partial charge in [0.2, 0.25) is 23.4 Å². The highest BCUT2D eigenvalue weighted by Gasteiger charge is 2.50. The molecule has 12 nitrogen and oxygen atoms in total. The van der Waals surface area contributed by atoms with Crippen LogP contribution in [0.1, 0.15) is 107 Å². The van der Waals surface area contributed by atoms with E-state index in [1.165, 1.54) is 6.08 Å². The normalized spacial score (nSPS) is 21.0. The summed E-state index contributed by atoms with van der Waals surface area (Å²) in [6.07, 6.45) is 5.89. The van der Waals surface area contributed by atoms with Crippen molar-refractivity contribution in [3.8, 4) is 0 Å². The molecule has 0 spiro atoms. The van der Waals surface area contributed by atoms with Crippen molar-refractivity contribution in [1.82, 2.24) is 31.5 Å². The monoisotopic (exact) mass is 723 g/mol. The predicted octanol–water partition coefficient (Wildman–Crippen LogP) is 2.88. The highest BCUT2D eigenvalue weighted by Crippen LogP contribution is 2.40. The Bertz CT molecular complexity index is 1160. The number of nitrogens with zero attached hydrogens (tertiary/aromatic N) is 1. The zero-order chi connectivity index (χ0) is 37.9. The van der Waals surface area contributed by atoms with Gasteiger partial charge in [-0.25, -0.2) is 0 Å². The second-order valence-corrected chi connectivity index (χ2v) is 18.0. The van der Waals surface area contributed by atoms with E-state index < -0.39 is 47.5 Å². The van der Waals surface area contributed by atoms with Crippen LogP contribution < -0.4 is 26.6 Å². The molecule has 50 heavy (non-hydrogen) atoms. The summed E-state index contributed by atoms with van der Waals surface area (Å²) in [5.74, 6) is -1.58. The first-order valence-corrected chi connectivity index (χ1v) is 19.3. The van der Waals surface area contributed by atoms with Gasteiger partial charge in [-0.05, 0) is 53.9 Å². The number of carbonyl (C=O) groups excluding carboxylic acids is 4. The fourth-order valence-corrected chi connectivity index (χ4v) is 7.08. The summed E-state index contributed by atoms with van der Waals surface area (Å²) in [6, 6.07) is -2.86. The maximum Gasteiger partial charge on any atom is 0.458 e. The summed E-state index contributed by atoms with van der Waals surface area (Å²) in [7, 11) is 0. The smallest absolute Gasteiger partial charge is 0.365 e. The van der Waals surface area contributed by atoms with Crippen LogP contribution in [0.15, 0.2) is 12.7 Å². The summed E-state index contributed by atoms with van der Waals surface area (Å²) in [4.78, 5) is 56.4. The molecule has 2 aliphatic rings. The number of hydrogen-bond acceptors (Lipinski definition) is 9. The summed E-state index contributed by atoms with van der Waals surface area (Å²) in [5, 5.41) is 26.6. The first-order valence-electron chi connectivity index (χ1n) is 18.4.